The van der Waals surface area contributed by atoms with E-state index in [0.717, 1.165) is 33.8 Å². The van der Waals surface area contributed by atoms with Gasteiger partial charge in [-0.15, -0.1) is 0 Å². The van der Waals surface area contributed by atoms with Crippen LogP contribution in [0.25, 0.3) is 11.1 Å². The van der Waals surface area contributed by atoms with E-state index in [1.165, 1.54) is 0 Å². The Balaban J connectivity index is 2.17. The van der Waals surface area contributed by atoms with Crippen molar-refractivity contribution in [2.24, 2.45) is 7.05 Å². The fourth-order valence-electron chi connectivity index (χ4n) is 3.87. The van der Waals surface area contributed by atoms with Gasteiger partial charge in [0.25, 0.3) is 5.56 Å². The van der Waals surface area contributed by atoms with Crippen LogP contribution in [0.3, 0.4) is 0 Å². The molecule has 2 heterocycles. The number of nitrogens with one attached hydrogen (secondary N) is 2. The minimum atomic E-state index is -0.178. The largest absolute Gasteiger partial charge is 0.496 e. The highest BCUT2D eigenvalue weighted by atomic mass is 16.5. The highest BCUT2D eigenvalue weighted by molar-refractivity contribution is 5.76. The van der Waals surface area contributed by atoms with Gasteiger partial charge in [0.05, 0.1) is 20.8 Å². The Morgan fingerprint density at radius 1 is 1.14 bits per heavy atom. The maximum Gasteiger partial charge on any atom is 0.317 e. The van der Waals surface area contributed by atoms with Gasteiger partial charge in [0.2, 0.25) is 0 Å². The van der Waals surface area contributed by atoms with Crippen molar-refractivity contribution in [3.05, 3.63) is 45.4 Å². The topological polar surface area (TPSA) is 84.8 Å². The minimum Gasteiger partial charge on any atom is -0.496 e. The molecule has 0 unspecified atom stereocenters. The molecule has 2 N–H and O–H groups in total. The third-order valence-electron chi connectivity index (χ3n) is 5.34. The van der Waals surface area contributed by atoms with Gasteiger partial charge < -0.3 is 29.6 Å². The summed E-state index contributed by atoms with van der Waals surface area (Å²) in [6, 6.07) is 3.77. The van der Waals surface area contributed by atoms with Crippen LogP contribution in [0.1, 0.15) is 16.7 Å². The Morgan fingerprint density at radius 3 is 2.34 bits per heavy atom. The van der Waals surface area contributed by atoms with E-state index in [9.17, 15) is 9.59 Å². The first-order valence-corrected chi connectivity index (χ1v) is 9.53. The van der Waals surface area contributed by atoms with Crippen LogP contribution in [0, 0.1) is 0 Å². The van der Waals surface area contributed by atoms with Gasteiger partial charge >= 0.3 is 6.03 Å². The van der Waals surface area contributed by atoms with Crippen LogP contribution in [0.5, 0.6) is 11.5 Å². The van der Waals surface area contributed by atoms with Crippen molar-refractivity contribution in [1.29, 1.82) is 0 Å². The highest BCUT2D eigenvalue weighted by Crippen LogP contribution is 2.37. The zero-order valence-corrected chi connectivity index (χ0v) is 17.6. The molecule has 29 heavy (non-hydrogen) atoms. The zero-order valence-electron chi connectivity index (χ0n) is 17.6. The van der Waals surface area contributed by atoms with E-state index >= 15 is 0 Å². The van der Waals surface area contributed by atoms with Crippen molar-refractivity contribution in [2.45, 2.75) is 19.5 Å². The predicted molar refractivity (Wildman–Crippen MR) is 112 cm³/mol. The van der Waals surface area contributed by atoms with Crippen LogP contribution in [0.15, 0.2) is 23.1 Å². The second-order valence-corrected chi connectivity index (χ2v) is 7.03. The number of carbonyl (C=O) groups excluding carboxylic acids is 1. The lowest BCUT2D eigenvalue weighted by atomic mass is 9.91. The summed E-state index contributed by atoms with van der Waals surface area (Å²) in [6.07, 6.45) is 2.46. The Bertz CT molecular complexity index is 958. The summed E-state index contributed by atoms with van der Waals surface area (Å²) in [4.78, 5) is 26.5. The zero-order chi connectivity index (χ0) is 21.1. The van der Waals surface area contributed by atoms with Crippen molar-refractivity contribution in [3.8, 4) is 22.6 Å². The molecule has 2 aromatic rings. The van der Waals surface area contributed by atoms with Crippen molar-refractivity contribution in [3.63, 3.8) is 0 Å². The quantitative estimate of drug-likeness (QED) is 0.794. The van der Waals surface area contributed by atoms with E-state index in [2.05, 4.69) is 10.6 Å². The molecule has 0 saturated carbocycles. The smallest absolute Gasteiger partial charge is 0.317 e. The summed E-state index contributed by atoms with van der Waals surface area (Å²) in [5, 5.41) is 5.76. The molecule has 156 valence electrons. The van der Waals surface area contributed by atoms with E-state index in [1.54, 1.807) is 37.8 Å². The molecule has 1 aliphatic rings. The molecule has 0 aliphatic carbocycles. The molecule has 0 bridgehead atoms. The maximum absolute atomic E-state index is 12.8. The molecule has 1 aromatic heterocycles. The van der Waals surface area contributed by atoms with Crippen molar-refractivity contribution >= 4 is 6.03 Å². The number of hydrogen-bond donors (Lipinski definition) is 2. The van der Waals surface area contributed by atoms with E-state index < -0.39 is 0 Å². The van der Waals surface area contributed by atoms with E-state index in [4.69, 9.17) is 9.47 Å². The summed E-state index contributed by atoms with van der Waals surface area (Å²) in [5.41, 5.74) is 4.34. The fraction of sp³-hybridized carbons (Fsp3) is 0.429. The van der Waals surface area contributed by atoms with Gasteiger partial charge in [0.1, 0.15) is 11.5 Å². The number of methoxy groups -OCH3 is 2. The number of amides is 2. The Kier molecular flexibility index (Phi) is 6.12. The van der Waals surface area contributed by atoms with Crippen molar-refractivity contribution in [1.82, 2.24) is 20.1 Å². The lowest BCUT2D eigenvalue weighted by Crippen LogP contribution is -2.44. The second kappa shape index (κ2) is 8.57. The normalized spacial score (nSPS) is 13.1. The van der Waals surface area contributed by atoms with Crippen LogP contribution in [0.4, 0.5) is 4.79 Å². The lowest BCUT2D eigenvalue weighted by Gasteiger charge is -2.30. The Morgan fingerprint density at radius 2 is 1.79 bits per heavy atom. The molecule has 0 radical (unpaired) electrons. The fourth-order valence-corrected chi connectivity index (χ4v) is 3.87. The molecular formula is C21H28N4O4. The first-order valence-electron chi connectivity index (χ1n) is 9.53. The second-order valence-electron chi connectivity index (χ2n) is 7.03. The van der Waals surface area contributed by atoms with Gasteiger partial charge in [-0.25, -0.2) is 4.79 Å². The third-order valence-corrected chi connectivity index (χ3v) is 5.34. The summed E-state index contributed by atoms with van der Waals surface area (Å²) >= 11 is 0. The van der Waals surface area contributed by atoms with Gasteiger partial charge in [-0.05, 0) is 36.7 Å². The molecule has 0 saturated heterocycles. The molecule has 3 rings (SSSR count). The van der Waals surface area contributed by atoms with E-state index in [0.29, 0.717) is 31.6 Å². The number of benzene rings is 1. The van der Waals surface area contributed by atoms with E-state index in [-0.39, 0.29) is 11.6 Å². The first-order chi connectivity index (χ1) is 13.9. The molecule has 8 heteroatoms. The number of fused-ring (bicyclic) bond motifs is 1. The Labute approximate surface area is 170 Å². The molecule has 0 fully saturated rings. The minimum absolute atomic E-state index is 0.0805. The number of carbonyl (C=O) groups is 1. The Hall–Kier alpha value is -3.00. The van der Waals surface area contributed by atoms with Gasteiger partial charge in [-0.1, -0.05) is 0 Å². The number of hydrogen-bond acceptors (Lipinski definition) is 5. The number of pyridine rings is 1. The molecular weight excluding hydrogens is 372 g/mol. The van der Waals surface area contributed by atoms with Crippen LogP contribution in [-0.2, 0) is 26.6 Å². The first kappa shape index (κ1) is 20.7. The predicted octanol–water partition coefficient (Wildman–Crippen LogP) is 1.49. The number of ether oxygens (including phenoxy) is 2. The van der Waals surface area contributed by atoms with Crippen molar-refractivity contribution < 1.29 is 14.3 Å². The van der Waals surface area contributed by atoms with Crippen LogP contribution in [-0.4, -0.2) is 50.4 Å². The average molecular weight is 400 g/mol. The van der Waals surface area contributed by atoms with Gasteiger partial charge in [0.15, 0.2) is 0 Å². The molecule has 1 aromatic carbocycles. The number of rotatable bonds is 5. The van der Waals surface area contributed by atoms with Crippen LogP contribution in [0.2, 0.25) is 0 Å². The summed E-state index contributed by atoms with van der Waals surface area (Å²) in [5.74, 6) is 1.44. The molecule has 0 spiro atoms. The molecule has 0 atom stereocenters. The highest BCUT2D eigenvalue weighted by Gasteiger charge is 2.26. The number of urea groups is 1. The number of aryl methyl sites for hydroxylation is 1. The number of nitrogens with zero attached hydrogens (tertiary/aromatic N) is 2. The SMILES string of the molecule is CNCc1c(OC)cc(-c2cn(C)c(=O)c3c2CCN(C(=O)NC)C3)cc1OC. The molecule has 1 aliphatic heterocycles. The van der Waals surface area contributed by atoms with Gasteiger partial charge in [0, 0.05) is 50.1 Å². The summed E-state index contributed by atoms with van der Waals surface area (Å²) < 4.78 is 12.8. The van der Waals surface area contributed by atoms with Gasteiger partial charge in [-0.3, -0.25) is 4.79 Å². The monoisotopic (exact) mass is 400 g/mol. The summed E-state index contributed by atoms with van der Waals surface area (Å²) in [7, 11) is 8.46. The van der Waals surface area contributed by atoms with Gasteiger partial charge in [-0.2, -0.15) is 0 Å². The average Bonchev–Trinajstić information content (AvgIpc) is 2.75. The third kappa shape index (κ3) is 3.80. The molecule has 8 nitrogen and oxygen atoms in total. The lowest BCUT2D eigenvalue weighted by molar-refractivity contribution is 0.194. The van der Waals surface area contributed by atoms with Crippen LogP contribution < -0.4 is 25.7 Å². The van der Waals surface area contributed by atoms with Crippen LogP contribution >= 0.6 is 0 Å². The maximum atomic E-state index is 12.8. The standard InChI is InChI=1S/C21H28N4O4/c1-22-10-15-18(28-4)8-13(9-19(15)29-5)16-11-24(3)20(26)17-12-25(21(27)23-2)7-6-14(16)17/h8-9,11,22H,6-7,10,12H2,1-5H3,(H,23,27). The number of aromatic nitrogens is 1. The molecule has 2 amide bonds. The van der Waals surface area contributed by atoms with E-state index in [1.807, 2.05) is 25.4 Å². The summed E-state index contributed by atoms with van der Waals surface area (Å²) in [6.45, 7) is 1.46. The van der Waals surface area contributed by atoms with Crippen molar-refractivity contribution in [2.75, 3.05) is 34.9 Å².